The predicted octanol–water partition coefficient (Wildman–Crippen LogP) is 1.17. The van der Waals surface area contributed by atoms with Crippen LogP contribution in [0.2, 0.25) is 0 Å². The van der Waals surface area contributed by atoms with Crippen LogP contribution >= 0.6 is 0 Å². The quantitative estimate of drug-likeness (QED) is 0.808. The van der Waals surface area contributed by atoms with Gasteiger partial charge in [0.05, 0.1) is 33.0 Å². The number of nitrogens with one attached hydrogen (secondary N) is 1. The molecular weight excluding hydrogens is 320 g/mol. The Morgan fingerprint density at radius 3 is 2.84 bits per heavy atom. The third kappa shape index (κ3) is 4.71. The van der Waals surface area contributed by atoms with E-state index in [0.29, 0.717) is 26.3 Å². The van der Waals surface area contributed by atoms with Gasteiger partial charge in [-0.05, 0) is 30.5 Å². The summed E-state index contributed by atoms with van der Waals surface area (Å²) in [6, 6.07) is 7.82. The highest BCUT2D eigenvalue weighted by Crippen LogP contribution is 2.32. The van der Waals surface area contributed by atoms with E-state index in [-0.39, 0.29) is 24.0 Å². The molecule has 1 amide bonds. The minimum absolute atomic E-state index is 0.00945. The minimum atomic E-state index is -0.267. The molecule has 2 N–H and O–H groups in total. The average Bonchev–Trinajstić information content (AvgIpc) is 3.07. The second-order valence-corrected chi connectivity index (χ2v) is 6.90. The lowest BCUT2D eigenvalue weighted by Gasteiger charge is -2.39. The van der Waals surface area contributed by atoms with Crippen LogP contribution in [-0.4, -0.2) is 61.5 Å². The van der Waals surface area contributed by atoms with E-state index in [1.54, 1.807) is 7.11 Å². The molecule has 25 heavy (non-hydrogen) atoms. The number of aliphatic hydroxyl groups is 1. The SMILES string of the molecule is COc1ccc(CNC(=O)CN2CCOC[C@@H]2[C@H]2CCC[C@@H]2O)cc1. The van der Waals surface area contributed by atoms with Crippen LogP contribution < -0.4 is 10.1 Å². The largest absolute Gasteiger partial charge is 0.497 e. The zero-order valence-corrected chi connectivity index (χ0v) is 14.8. The van der Waals surface area contributed by atoms with Crippen LogP contribution in [0, 0.1) is 5.92 Å². The van der Waals surface area contributed by atoms with Gasteiger partial charge in [0.1, 0.15) is 5.75 Å². The van der Waals surface area contributed by atoms with Crippen LogP contribution in [-0.2, 0) is 16.1 Å². The van der Waals surface area contributed by atoms with Crippen LogP contribution in [0.3, 0.4) is 0 Å². The van der Waals surface area contributed by atoms with Gasteiger partial charge >= 0.3 is 0 Å². The molecule has 0 radical (unpaired) electrons. The first-order valence-corrected chi connectivity index (χ1v) is 9.07. The zero-order chi connectivity index (χ0) is 17.6. The van der Waals surface area contributed by atoms with Gasteiger partial charge in [-0.3, -0.25) is 9.69 Å². The van der Waals surface area contributed by atoms with E-state index in [0.717, 1.165) is 37.1 Å². The van der Waals surface area contributed by atoms with Crippen molar-refractivity contribution in [2.45, 2.75) is 38.0 Å². The highest BCUT2D eigenvalue weighted by molar-refractivity contribution is 5.78. The summed E-state index contributed by atoms with van der Waals surface area (Å²) < 4.78 is 10.7. The molecule has 2 fully saturated rings. The maximum atomic E-state index is 12.4. The number of rotatable bonds is 6. The molecule has 2 aliphatic rings. The average molecular weight is 348 g/mol. The van der Waals surface area contributed by atoms with E-state index in [4.69, 9.17) is 9.47 Å². The summed E-state index contributed by atoms with van der Waals surface area (Å²) >= 11 is 0. The summed E-state index contributed by atoms with van der Waals surface area (Å²) in [6.07, 6.45) is 2.66. The maximum Gasteiger partial charge on any atom is 0.234 e. The number of hydrogen-bond donors (Lipinski definition) is 2. The van der Waals surface area contributed by atoms with Crippen molar-refractivity contribution in [2.75, 3.05) is 33.4 Å². The van der Waals surface area contributed by atoms with E-state index >= 15 is 0 Å². The van der Waals surface area contributed by atoms with Crippen LogP contribution in [0.5, 0.6) is 5.75 Å². The van der Waals surface area contributed by atoms with Gasteiger partial charge in [0.2, 0.25) is 5.91 Å². The molecule has 1 heterocycles. The van der Waals surface area contributed by atoms with Crippen molar-refractivity contribution in [3.63, 3.8) is 0 Å². The van der Waals surface area contributed by atoms with Gasteiger partial charge in [-0.25, -0.2) is 0 Å². The lowest BCUT2D eigenvalue weighted by molar-refractivity contribution is -0.126. The number of hydrogen-bond acceptors (Lipinski definition) is 5. The lowest BCUT2D eigenvalue weighted by Crippen LogP contribution is -2.53. The molecule has 6 nitrogen and oxygen atoms in total. The summed E-state index contributed by atoms with van der Waals surface area (Å²) in [5.74, 6) is 1.03. The summed E-state index contributed by atoms with van der Waals surface area (Å²) in [5.41, 5.74) is 1.04. The van der Waals surface area contributed by atoms with Crippen molar-refractivity contribution >= 4 is 5.91 Å². The monoisotopic (exact) mass is 348 g/mol. The molecule has 1 saturated heterocycles. The molecule has 1 aromatic rings. The van der Waals surface area contributed by atoms with Crippen molar-refractivity contribution in [1.82, 2.24) is 10.2 Å². The van der Waals surface area contributed by atoms with Crippen molar-refractivity contribution in [2.24, 2.45) is 5.92 Å². The van der Waals surface area contributed by atoms with Crippen molar-refractivity contribution < 1.29 is 19.4 Å². The number of amides is 1. The molecule has 1 aromatic carbocycles. The fourth-order valence-electron chi connectivity index (χ4n) is 3.85. The number of carbonyl (C=O) groups is 1. The van der Waals surface area contributed by atoms with E-state index in [2.05, 4.69) is 10.2 Å². The van der Waals surface area contributed by atoms with Gasteiger partial charge in [-0.1, -0.05) is 18.6 Å². The number of carbonyl (C=O) groups excluding carboxylic acids is 1. The Hall–Kier alpha value is -1.63. The Balaban J connectivity index is 1.51. The minimum Gasteiger partial charge on any atom is -0.497 e. The second-order valence-electron chi connectivity index (χ2n) is 6.90. The lowest BCUT2D eigenvalue weighted by atomic mass is 9.94. The van der Waals surface area contributed by atoms with Crippen LogP contribution in [0.4, 0.5) is 0 Å². The molecule has 0 bridgehead atoms. The van der Waals surface area contributed by atoms with Gasteiger partial charge in [0, 0.05) is 25.0 Å². The fraction of sp³-hybridized carbons (Fsp3) is 0.632. The number of methoxy groups -OCH3 is 1. The molecule has 0 aromatic heterocycles. The van der Waals surface area contributed by atoms with Gasteiger partial charge in [0.15, 0.2) is 0 Å². The molecular formula is C19H28N2O4. The van der Waals surface area contributed by atoms with Crippen LogP contribution in [0.15, 0.2) is 24.3 Å². The van der Waals surface area contributed by atoms with Gasteiger partial charge in [0.25, 0.3) is 0 Å². The number of benzene rings is 1. The molecule has 0 unspecified atom stereocenters. The smallest absolute Gasteiger partial charge is 0.234 e. The summed E-state index contributed by atoms with van der Waals surface area (Å²) in [5, 5.41) is 13.2. The Kier molecular flexibility index (Phi) is 6.29. The summed E-state index contributed by atoms with van der Waals surface area (Å²) in [6.45, 7) is 2.85. The number of nitrogens with zero attached hydrogens (tertiary/aromatic N) is 1. The van der Waals surface area contributed by atoms with Crippen molar-refractivity contribution in [3.8, 4) is 5.75 Å². The maximum absolute atomic E-state index is 12.4. The van der Waals surface area contributed by atoms with Gasteiger partial charge in [-0.2, -0.15) is 0 Å². The number of ether oxygens (including phenoxy) is 2. The third-order valence-corrected chi connectivity index (χ3v) is 5.30. The van der Waals surface area contributed by atoms with E-state index in [1.807, 2.05) is 24.3 Å². The van der Waals surface area contributed by atoms with Crippen LogP contribution in [0.25, 0.3) is 0 Å². The van der Waals surface area contributed by atoms with Crippen molar-refractivity contribution in [1.29, 1.82) is 0 Å². The fourth-order valence-corrected chi connectivity index (χ4v) is 3.85. The summed E-state index contributed by atoms with van der Waals surface area (Å²) in [4.78, 5) is 14.5. The summed E-state index contributed by atoms with van der Waals surface area (Å²) in [7, 11) is 1.64. The molecule has 6 heteroatoms. The zero-order valence-electron chi connectivity index (χ0n) is 14.8. The molecule has 3 rings (SSSR count). The molecule has 0 spiro atoms. The topological polar surface area (TPSA) is 71.0 Å². The van der Waals surface area contributed by atoms with Crippen LogP contribution in [0.1, 0.15) is 24.8 Å². The molecule has 3 atom stereocenters. The highest BCUT2D eigenvalue weighted by atomic mass is 16.5. The Morgan fingerprint density at radius 2 is 2.16 bits per heavy atom. The second kappa shape index (κ2) is 8.65. The predicted molar refractivity (Wildman–Crippen MR) is 94.4 cm³/mol. The molecule has 1 saturated carbocycles. The van der Waals surface area contributed by atoms with E-state index in [1.165, 1.54) is 0 Å². The standard InChI is InChI=1S/C19H28N2O4/c1-24-15-7-5-14(6-8-15)11-20-19(23)12-21-9-10-25-13-17(21)16-3-2-4-18(16)22/h5-8,16-18,22H,2-4,9-13H2,1H3,(H,20,23)/t16-,17-,18+/m1/s1. The van der Waals surface area contributed by atoms with Gasteiger partial charge < -0.3 is 19.9 Å². The molecule has 1 aliphatic carbocycles. The first kappa shape index (κ1) is 18.2. The van der Waals surface area contributed by atoms with E-state index in [9.17, 15) is 9.90 Å². The number of aliphatic hydroxyl groups excluding tert-OH is 1. The van der Waals surface area contributed by atoms with Gasteiger partial charge in [-0.15, -0.1) is 0 Å². The first-order valence-electron chi connectivity index (χ1n) is 9.07. The molecule has 1 aliphatic heterocycles. The Bertz CT molecular complexity index is 563. The normalized spacial score (nSPS) is 27.2. The highest BCUT2D eigenvalue weighted by Gasteiger charge is 2.38. The number of morpholine rings is 1. The first-order chi connectivity index (χ1) is 12.2. The Morgan fingerprint density at radius 1 is 1.36 bits per heavy atom. The van der Waals surface area contributed by atoms with Crippen molar-refractivity contribution in [3.05, 3.63) is 29.8 Å². The molecule has 138 valence electrons. The Labute approximate surface area is 149 Å². The van der Waals surface area contributed by atoms with E-state index < -0.39 is 0 Å². The third-order valence-electron chi connectivity index (χ3n) is 5.30.